The largest absolute Gasteiger partial charge is 0.492 e. The molecular weight excluding hydrogens is 500 g/mol. The molecule has 200 valence electrons. The number of hydrogen-bond acceptors (Lipinski definition) is 8. The van der Waals surface area contributed by atoms with Crippen LogP contribution in [0.25, 0.3) is 0 Å². The van der Waals surface area contributed by atoms with Crippen LogP contribution in [0.15, 0.2) is 53.6 Å². The van der Waals surface area contributed by atoms with Crippen LogP contribution in [-0.4, -0.2) is 71.7 Å². The quantitative estimate of drug-likeness (QED) is 0.296. The zero-order valence-corrected chi connectivity index (χ0v) is 21.7. The minimum absolute atomic E-state index is 0.0725. The highest BCUT2D eigenvalue weighted by atomic mass is 32.2. The van der Waals surface area contributed by atoms with Crippen LogP contribution in [0.4, 0.5) is 5.69 Å². The summed E-state index contributed by atoms with van der Waals surface area (Å²) in [5, 5.41) is 6.69. The number of nitrogens with one attached hydrogen (secondary N) is 2. The van der Waals surface area contributed by atoms with E-state index >= 15 is 0 Å². The molecule has 3 rings (SSSR count). The van der Waals surface area contributed by atoms with Gasteiger partial charge in [0.2, 0.25) is 10.0 Å². The molecule has 0 spiro atoms. The first-order valence-corrected chi connectivity index (χ1v) is 13.7. The van der Waals surface area contributed by atoms with Crippen molar-refractivity contribution in [2.45, 2.75) is 25.9 Å². The molecule has 2 aromatic carbocycles. The van der Waals surface area contributed by atoms with Crippen LogP contribution in [0.2, 0.25) is 0 Å². The van der Waals surface area contributed by atoms with Gasteiger partial charge in [-0.15, -0.1) is 0 Å². The molecule has 1 saturated heterocycles. The Morgan fingerprint density at radius 2 is 1.89 bits per heavy atom. The molecule has 1 atom stereocenters. The molecule has 2 N–H and O–H groups in total. The second-order valence-electron chi connectivity index (χ2n) is 8.26. The summed E-state index contributed by atoms with van der Waals surface area (Å²) in [4.78, 5) is 24.4. The van der Waals surface area contributed by atoms with Gasteiger partial charge in [0.05, 0.1) is 30.9 Å². The molecule has 1 fully saturated rings. The number of carbonyl (C=O) groups is 2. The van der Waals surface area contributed by atoms with Gasteiger partial charge in [-0.2, -0.15) is 5.10 Å². The lowest BCUT2D eigenvalue weighted by atomic mass is 10.2. The second-order valence-corrected chi connectivity index (χ2v) is 10.2. The predicted molar refractivity (Wildman–Crippen MR) is 139 cm³/mol. The Hall–Kier alpha value is -3.64. The van der Waals surface area contributed by atoms with Gasteiger partial charge >= 0.3 is 0 Å². The van der Waals surface area contributed by atoms with Crippen molar-refractivity contribution in [2.75, 3.05) is 43.5 Å². The standard InChI is InChI=1S/C25H32N4O7S/c1-3-34-23-9-5-4-8-22(23)29(37(2,32)33)17-24(30)28-27-15-19-10-12-20(13-11-19)36-18-25(31)26-16-21-7-6-14-35-21/h4-5,8-13,15,21H,3,6-7,14,16-18H2,1-2H3,(H,26,31)(H,28,30)/b27-15-/t21-/m1/s1. The normalized spacial score (nSPS) is 15.4. The van der Waals surface area contributed by atoms with E-state index in [1.54, 1.807) is 55.5 Å². The summed E-state index contributed by atoms with van der Waals surface area (Å²) in [5.74, 6) is 0.0115. The van der Waals surface area contributed by atoms with Gasteiger partial charge < -0.3 is 19.5 Å². The fourth-order valence-electron chi connectivity index (χ4n) is 3.55. The first kappa shape index (κ1) is 27.9. The van der Waals surface area contributed by atoms with Crippen molar-refractivity contribution in [1.29, 1.82) is 0 Å². The number of carbonyl (C=O) groups excluding carboxylic acids is 2. The lowest BCUT2D eigenvalue weighted by molar-refractivity contribution is -0.123. The van der Waals surface area contributed by atoms with E-state index in [4.69, 9.17) is 14.2 Å². The Labute approximate surface area is 216 Å². The molecule has 0 bridgehead atoms. The number of ether oxygens (including phenoxy) is 3. The van der Waals surface area contributed by atoms with E-state index in [2.05, 4.69) is 15.8 Å². The number of benzene rings is 2. The minimum Gasteiger partial charge on any atom is -0.492 e. The molecule has 1 aliphatic rings. The summed E-state index contributed by atoms with van der Waals surface area (Å²) in [6.07, 6.45) is 4.46. The first-order chi connectivity index (χ1) is 17.8. The maximum absolute atomic E-state index is 12.4. The van der Waals surface area contributed by atoms with Gasteiger partial charge in [0.1, 0.15) is 18.0 Å². The SMILES string of the molecule is CCOc1ccccc1N(CC(=O)N/N=C\c1ccc(OCC(=O)NC[C@H]2CCCO2)cc1)S(C)(=O)=O. The molecule has 0 saturated carbocycles. The average molecular weight is 533 g/mol. The van der Waals surface area contributed by atoms with Crippen molar-refractivity contribution in [2.24, 2.45) is 5.10 Å². The summed E-state index contributed by atoms with van der Waals surface area (Å²) in [5.41, 5.74) is 3.27. The Balaban J connectivity index is 1.48. The highest BCUT2D eigenvalue weighted by molar-refractivity contribution is 7.92. The maximum Gasteiger partial charge on any atom is 0.260 e. The molecule has 0 unspecified atom stereocenters. The highest BCUT2D eigenvalue weighted by Gasteiger charge is 2.23. The van der Waals surface area contributed by atoms with Crippen LogP contribution in [0, 0.1) is 0 Å². The van der Waals surface area contributed by atoms with E-state index in [1.165, 1.54) is 6.21 Å². The van der Waals surface area contributed by atoms with E-state index in [-0.39, 0.29) is 24.3 Å². The number of sulfonamides is 1. The van der Waals surface area contributed by atoms with Gasteiger partial charge in [-0.1, -0.05) is 12.1 Å². The van der Waals surface area contributed by atoms with E-state index in [0.717, 1.165) is 30.0 Å². The smallest absolute Gasteiger partial charge is 0.260 e. The Morgan fingerprint density at radius 1 is 1.14 bits per heavy atom. The van der Waals surface area contributed by atoms with Crippen LogP contribution in [0.5, 0.6) is 11.5 Å². The van der Waals surface area contributed by atoms with Gasteiger partial charge in [-0.25, -0.2) is 13.8 Å². The van der Waals surface area contributed by atoms with E-state index in [0.29, 0.717) is 30.2 Å². The Morgan fingerprint density at radius 3 is 2.57 bits per heavy atom. The summed E-state index contributed by atoms with van der Waals surface area (Å²) < 4.78 is 42.1. The zero-order chi connectivity index (χ0) is 26.7. The molecule has 37 heavy (non-hydrogen) atoms. The van der Waals surface area contributed by atoms with E-state index < -0.39 is 22.5 Å². The third-order valence-electron chi connectivity index (χ3n) is 5.33. The molecular formula is C25H32N4O7S. The van der Waals surface area contributed by atoms with Crippen molar-refractivity contribution >= 4 is 33.7 Å². The highest BCUT2D eigenvalue weighted by Crippen LogP contribution is 2.29. The van der Waals surface area contributed by atoms with Crippen molar-refractivity contribution in [3.8, 4) is 11.5 Å². The molecule has 0 aromatic heterocycles. The van der Waals surface area contributed by atoms with Crippen LogP contribution < -0.4 is 24.5 Å². The van der Waals surface area contributed by atoms with Gasteiger partial charge in [0, 0.05) is 13.2 Å². The van der Waals surface area contributed by atoms with Crippen molar-refractivity contribution in [3.63, 3.8) is 0 Å². The number of anilines is 1. The van der Waals surface area contributed by atoms with Gasteiger partial charge in [0.25, 0.3) is 11.8 Å². The third-order valence-corrected chi connectivity index (χ3v) is 6.45. The zero-order valence-electron chi connectivity index (χ0n) is 20.9. The van der Waals surface area contributed by atoms with Gasteiger partial charge in [0.15, 0.2) is 6.61 Å². The van der Waals surface area contributed by atoms with Crippen LogP contribution in [0.3, 0.4) is 0 Å². The number of amides is 2. The number of rotatable bonds is 13. The third kappa shape index (κ3) is 9.07. The van der Waals surface area contributed by atoms with Crippen molar-refractivity contribution < 1.29 is 32.2 Å². The minimum atomic E-state index is -3.76. The average Bonchev–Trinajstić information content (AvgIpc) is 3.39. The van der Waals surface area contributed by atoms with Crippen LogP contribution in [0.1, 0.15) is 25.3 Å². The number of nitrogens with zero attached hydrogens (tertiary/aromatic N) is 2. The van der Waals surface area contributed by atoms with Crippen LogP contribution in [-0.2, 0) is 24.3 Å². The predicted octanol–water partition coefficient (Wildman–Crippen LogP) is 1.68. The van der Waals surface area contributed by atoms with E-state index in [9.17, 15) is 18.0 Å². The summed E-state index contributed by atoms with van der Waals surface area (Å²) in [6.45, 7) is 2.76. The Bertz CT molecular complexity index is 1180. The molecule has 2 amide bonds. The van der Waals surface area contributed by atoms with Gasteiger partial charge in [-0.3, -0.25) is 13.9 Å². The monoisotopic (exact) mass is 532 g/mol. The molecule has 2 aromatic rings. The molecule has 0 aliphatic carbocycles. The summed E-state index contributed by atoms with van der Waals surface area (Å²) in [6, 6.07) is 13.3. The summed E-state index contributed by atoms with van der Waals surface area (Å²) >= 11 is 0. The molecule has 0 radical (unpaired) electrons. The number of hydrogen-bond donors (Lipinski definition) is 2. The van der Waals surface area contributed by atoms with Crippen molar-refractivity contribution in [1.82, 2.24) is 10.7 Å². The fourth-order valence-corrected chi connectivity index (χ4v) is 4.41. The number of hydrazone groups is 1. The molecule has 11 nitrogen and oxygen atoms in total. The van der Waals surface area contributed by atoms with E-state index in [1.807, 2.05) is 0 Å². The number of para-hydroxylation sites is 2. The first-order valence-electron chi connectivity index (χ1n) is 11.9. The van der Waals surface area contributed by atoms with Crippen LogP contribution >= 0.6 is 0 Å². The summed E-state index contributed by atoms with van der Waals surface area (Å²) in [7, 11) is -3.76. The van der Waals surface area contributed by atoms with Crippen molar-refractivity contribution in [3.05, 3.63) is 54.1 Å². The Kier molecular flexibility index (Phi) is 10.3. The maximum atomic E-state index is 12.4. The molecule has 12 heteroatoms. The lowest BCUT2D eigenvalue weighted by Crippen LogP contribution is -2.39. The van der Waals surface area contributed by atoms with Gasteiger partial charge in [-0.05, 0) is 61.7 Å². The lowest BCUT2D eigenvalue weighted by Gasteiger charge is -2.23. The molecule has 1 aliphatic heterocycles. The second kappa shape index (κ2) is 13.6. The molecule has 1 heterocycles. The topological polar surface area (TPSA) is 136 Å². The fraction of sp³-hybridized carbons (Fsp3) is 0.400.